The van der Waals surface area contributed by atoms with E-state index in [0.717, 1.165) is 0 Å². The van der Waals surface area contributed by atoms with Crippen molar-refractivity contribution in [2.75, 3.05) is 34.2 Å². The molecule has 0 spiro atoms. The van der Waals surface area contributed by atoms with Crippen LogP contribution in [0.15, 0.2) is 15.4 Å². The van der Waals surface area contributed by atoms with E-state index in [1.54, 1.807) is 24.3 Å². The Morgan fingerprint density at radius 1 is 1.43 bits per heavy atom. The predicted molar refractivity (Wildman–Crippen MR) is 81.6 cm³/mol. The van der Waals surface area contributed by atoms with E-state index < -0.39 is 10.0 Å². The van der Waals surface area contributed by atoms with Crippen LogP contribution in [0.2, 0.25) is 0 Å². The summed E-state index contributed by atoms with van der Waals surface area (Å²) < 4.78 is 32.7. The highest BCUT2D eigenvalue weighted by atomic mass is 32.2. The van der Waals surface area contributed by atoms with Gasteiger partial charge in [0.2, 0.25) is 10.0 Å². The zero-order valence-electron chi connectivity index (χ0n) is 13.4. The van der Waals surface area contributed by atoms with Crippen molar-refractivity contribution in [3.8, 4) is 0 Å². The maximum Gasteiger partial charge on any atom is 0.246 e. The Labute approximate surface area is 127 Å². The molecule has 2 unspecified atom stereocenters. The molecule has 120 valence electrons. The fourth-order valence-corrected chi connectivity index (χ4v) is 4.70. The molecule has 1 N–H and O–H groups in total. The van der Waals surface area contributed by atoms with E-state index in [4.69, 9.17) is 4.42 Å². The quantitative estimate of drug-likeness (QED) is 0.874. The van der Waals surface area contributed by atoms with Crippen molar-refractivity contribution in [2.24, 2.45) is 5.92 Å². The van der Waals surface area contributed by atoms with Crippen LogP contribution in [-0.4, -0.2) is 57.9 Å². The molecule has 1 aliphatic heterocycles. The lowest BCUT2D eigenvalue weighted by molar-refractivity contribution is 0.263. The van der Waals surface area contributed by atoms with Crippen molar-refractivity contribution in [3.63, 3.8) is 0 Å². The minimum atomic E-state index is -3.48. The number of nitrogens with zero attached hydrogens (tertiary/aromatic N) is 2. The molecular formula is C14H25N3O3S. The molecular weight excluding hydrogens is 290 g/mol. The van der Waals surface area contributed by atoms with Crippen molar-refractivity contribution in [1.82, 2.24) is 14.5 Å². The Morgan fingerprint density at radius 3 is 2.62 bits per heavy atom. The monoisotopic (exact) mass is 315 g/mol. The second-order valence-electron chi connectivity index (χ2n) is 5.99. The third-order valence-corrected chi connectivity index (χ3v) is 6.03. The highest BCUT2D eigenvalue weighted by molar-refractivity contribution is 7.89. The Balaban J connectivity index is 2.27. The number of likely N-dealkylation sites (N-methyl/N-ethyl adjacent to an activating group) is 1. The fourth-order valence-electron chi connectivity index (χ4n) is 2.96. The maximum atomic E-state index is 12.8. The van der Waals surface area contributed by atoms with Gasteiger partial charge in [-0.25, -0.2) is 8.42 Å². The van der Waals surface area contributed by atoms with E-state index in [2.05, 4.69) is 17.1 Å². The van der Waals surface area contributed by atoms with Gasteiger partial charge in [-0.2, -0.15) is 4.31 Å². The SMILES string of the molecule is CNCc1cc(S(=O)(=O)N2CC(C)C(N(C)C)C2)c(C)o1. The van der Waals surface area contributed by atoms with E-state index in [-0.39, 0.29) is 6.04 Å². The van der Waals surface area contributed by atoms with Crippen molar-refractivity contribution in [2.45, 2.75) is 31.3 Å². The summed E-state index contributed by atoms with van der Waals surface area (Å²) in [6.45, 7) is 5.40. The summed E-state index contributed by atoms with van der Waals surface area (Å²) in [4.78, 5) is 2.38. The van der Waals surface area contributed by atoms with Crippen LogP contribution in [0.4, 0.5) is 0 Å². The highest BCUT2D eigenvalue weighted by Gasteiger charge is 2.39. The topological polar surface area (TPSA) is 65.8 Å². The van der Waals surface area contributed by atoms with Gasteiger partial charge in [0.1, 0.15) is 16.4 Å². The molecule has 0 aromatic carbocycles. The maximum absolute atomic E-state index is 12.8. The molecule has 0 bridgehead atoms. The molecule has 2 atom stereocenters. The van der Waals surface area contributed by atoms with Gasteiger partial charge in [0, 0.05) is 25.2 Å². The summed E-state index contributed by atoms with van der Waals surface area (Å²) in [6, 6.07) is 1.89. The number of rotatable bonds is 5. The minimum Gasteiger partial charge on any atom is -0.464 e. The lowest BCUT2D eigenvalue weighted by Crippen LogP contribution is -2.35. The summed E-state index contributed by atoms with van der Waals surface area (Å²) in [5, 5.41) is 2.97. The van der Waals surface area contributed by atoms with Crippen LogP contribution in [0.1, 0.15) is 18.4 Å². The molecule has 2 rings (SSSR count). The molecule has 0 radical (unpaired) electrons. The average Bonchev–Trinajstić information content (AvgIpc) is 2.94. The number of sulfonamides is 1. The summed E-state index contributed by atoms with van der Waals surface area (Å²) in [7, 11) is 2.30. The van der Waals surface area contributed by atoms with Gasteiger partial charge in [0.05, 0.1) is 6.54 Å². The molecule has 1 aromatic heterocycles. The molecule has 1 aliphatic rings. The van der Waals surface area contributed by atoms with Gasteiger partial charge in [-0.1, -0.05) is 6.92 Å². The molecule has 1 saturated heterocycles. The largest absolute Gasteiger partial charge is 0.464 e. The Kier molecular flexibility index (Phi) is 4.77. The first kappa shape index (κ1) is 16.5. The van der Waals surface area contributed by atoms with E-state index in [9.17, 15) is 8.42 Å². The van der Waals surface area contributed by atoms with Crippen LogP contribution in [-0.2, 0) is 16.6 Å². The number of hydrogen-bond donors (Lipinski definition) is 1. The first-order valence-corrected chi connectivity index (χ1v) is 8.62. The van der Waals surface area contributed by atoms with Crippen molar-refractivity contribution in [1.29, 1.82) is 0 Å². The molecule has 1 fully saturated rings. The lowest BCUT2D eigenvalue weighted by Gasteiger charge is -2.22. The smallest absolute Gasteiger partial charge is 0.246 e. The number of hydrogen-bond acceptors (Lipinski definition) is 5. The van der Waals surface area contributed by atoms with Gasteiger partial charge in [-0.05, 0) is 34.0 Å². The molecule has 0 aliphatic carbocycles. The standard InChI is InChI=1S/C14H25N3O3S/c1-10-8-17(9-13(10)16(4)5)21(18,19)14-6-12(7-15-3)20-11(14)2/h6,10,13,15H,7-9H2,1-5H3. The van der Waals surface area contributed by atoms with E-state index in [1.165, 1.54) is 0 Å². The molecule has 21 heavy (non-hydrogen) atoms. The Morgan fingerprint density at radius 2 is 2.10 bits per heavy atom. The first-order chi connectivity index (χ1) is 9.77. The van der Waals surface area contributed by atoms with Gasteiger partial charge in [-0.3, -0.25) is 0 Å². The summed E-state index contributed by atoms with van der Waals surface area (Å²) in [5.41, 5.74) is 0. The van der Waals surface area contributed by atoms with Crippen LogP contribution in [0.25, 0.3) is 0 Å². The van der Waals surface area contributed by atoms with E-state index in [1.807, 2.05) is 14.1 Å². The fraction of sp³-hybridized carbons (Fsp3) is 0.714. The average molecular weight is 315 g/mol. The third-order valence-electron chi connectivity index (χ3n) is 4.09. The highest BCUT2D eigenvalue weighted by Crippen LogP contribution is 2.29. The van der Waals surface area contributed by atoms with E-state index in [0.29, 0.717) is 42.0 Å². The minimum absolute atomic E-state index is 0.253. The zero-order valence-corrected chi connectivity index (χ0v) is 14.2. The van der Waals surface area contributed by atoms with Gasteiger partial charge in [0.25, 0.3) is 0 Å². The number of aryl methyl sites for hydroxylation is 1. The lowest BCUT2D eigenvalue weighted by atomic mass is 10.1. The van der Waals surface area contributed by atoms with Gasteiger partial charge >= 0.3 is 0 Å². The second-order valence-corrected chi connectivity index (χ2v) is 7.90. The first-order valence-electron chi connectivity index (χ1n) is 7.17. The van der Waals surface area contributed by atoms with Gasteiger partial charge in [0.15, 0.2) is 0 Å². The van der Waals surface area contributed by atoms with Crippen LogP contribution in [0, 0.1) is 12.8 Å². The van der Waals surface area contributed by atoms with Crippen molar-refractivity contribution < 1.29 is 12.8 Å². The predicted octanol–water partition coefficient (Wildman–Crippen LogP) is 0.878. The van der Waals surface area contributed by atoms with Crippen LogP contribution < -0.4 is 5.32 Å². The second kappa shape index (κ2) is 6.08. The molecule has 1 aromatic rings. The van der Waals surface area contributed by atoms with Crippen molar-refractivity contribution in [3.05, 3.63) is 17.6 Å². The van der Waals surface area contributed by atoms with Crippen molar-refractivity contribution >= 4 is 10.0 Å². The molecule has 0 saturated carbocycles. The van der Waals surface area contributed by atoms with Gasteiger partial charge < -0.3 is 14.6 Å². The molecule has 0 amide bonds. The summed E-state index contributed by atoms with van der Waals surface area (Å²) in [6.07, 6.45) is 0. The third kappa shape index (κ3) is 3.15. The normalized spacial score (nSPS) is 24.1. The van der Waals surface area contributed by atoms with Crippen LogP contribution >= 0.6 is 0 Å². The summed E-state index contributed by atoms with van der Waals surface area (Å²) >= 11 is 0. The summed E-state index contributed by atoms with van der Waals surface area (Å²) in [5.74, 6) is 1.42. The van der Waals surface area contributed by atoms with E-state index >= 15 is 0 Å². The van der Waals surface area contributed by atoms with Crippen LogP contribution in [0.5, 0.6) is 0 Å². The number of nitrogens with one attached hydrogen (secondary N) is 1. The Bertz CT molecular complexity index is 595. The van der Waals surface area contributed by atoms with Crippen LogP contribution in [0.3, 0.4) is 0 Å². The Hall–Kier alpha value is -0.890. The number of furan rings is 1. The molecule has 6 nitrogen and oxygen atoms in total. The van der Waals surface area contributed by atoms with Gasteiger partial charge in [-0.15, -0.1) is 0 Å². The molecule has 7 heteroatoms. The molecule has 2 heterocycles. The zero-order chi connectivity index (χ0) is 15.8.